The number of hydrogen-bond donors (Lipinski definition) is 0. The SMILES string of the molecule is COc1ccccc1C(=O)N1CCOC2(CN(C(=O)c3cnco3)CCCO2)C1. The summed E-state index contributed by atoms with van der Waals surface area (Å²) in [5.74, 6) is -0.834. The Morgan fingerprint density at radius 3 is 2.59 bits per heavy atom. The topological polar surface area (TPSA) is 94.3 Å². The summed E-state index contributed by atoms with van der Waals surface area (Å²) in [5.41, 5.74) is 0.482. The van der Waals surface area contributed by atoms with E-state index in [0.717, 1.165) is 0 Å². The third-order valence-electron chi connectivity index (χ3n) is 5.08. The van der Waals surface area contributed by atoms with Gasteiger partial charge in [-0.2, -0.15) is 0 Å². The van der Waals surface area contributed by atoms with Crippen LogP contribution in [0.25, 0.3) is 0 Å². The number of morpholine rings is 1. The largest absolute Gasteiger partial charge is 0.496 e. The fourth-order valence-electron chi connectivity index (χ4n) is 3.68. The van der Waals surface area contributed by atoms with E-state index in [1.165, 1.54) is 19.7 Å². The zero-order valence-electron chi connectivity index (χ0n) is 16.2. The van der Waals surface area contributed by atoms with E-state index in [0.29, 0.717) is 44.0 Å². The van der Waals surface area contributed by atoms with Crippen molar-refractivity contribution in [3.63, 3.8) is 0 Å². The van der Waals surface area contributed by atoms with Gasteiger partial charge in [-0.3, -0.25) is 9.59 Å². The lowest BCUT2D eigenvalue weighted by molar-refractivity contribution is -0.258. The number of amides is 2. The Morgan fingerprint density at radius 1 is 1.07 bits per heavy atom. The fourth-order valence-corrected chi connectivity index (χ4v) is 3.68. The first kappa shape index (κ1) is 19.4. The predicted molar refractivity (Wildman–Crippen MR) is 101 cm³/mol. The van der Waals surface area contributed by atoms with E-state index < -0.39 is 5.79 Å². The van der Waals surface area contributed by atoms with Crippen molar-refractivity contribution >= 4 is 11.8 Å². The molecule has 9 heteroatoms. The summed E-state index contributed by atoms with van der Waals surface area (Å²) in [5, 5.41) is 0. The zero-order chi connectivity index (χ0) is 20.3. The molecule has 2 aromatic rings. The Kier molecular flexibility index (Phi) is 5.50. The molecule has 1 atom stereocenters. The van der Waals surface area contributed by atoms with E-state index in [4.69, 9.17) is 18.6 Å². The highest BCUT2D eigenvalue weighted by Gasteiger charge is 2.44. The lowest BCUT2D eigenvalue weighted by Gasteiger charge is -2.43. The van der Waals surface area contributed by atoms with Crippen molar-refractivity contribution in [2.75, 3.05) is 46.5 Å². The van der Waals surface area contributed by atoms with Crippen LogP contribution in [0.15, 0.2) is 41.3 Å². The Labute approximate surface area is 168 Å². The van der Waals surface area contributed by atoms with Crippen LogP contribution < -0.4 is 4.74 Å². The van der Waals surface area contributed by atoms with E-state index in [1.807, 2.05) is 6.07 Å². The number of oxazole rings is 1. The van der Waals surface area contributed by atoms with Gasteiger partial charge >= 0.3 is 0 Å². The van der Waals surface area contributed by atoms with Crippen molar-refractivity contribution in [1.29, 1.82) is 0 Å². The van der Waals surface area contributed by atoms with Crippen LogP contribution in [0.3, 0.4) is 0 Å². The van der Waals surface area contributed by atoms with Crippen LogP contribution in [-0.4, -0.2) is 78.9 Å². The quantitative estimate of drug-likeness (QED) is 0.768. The van der Waals surface area contributed by atoms with Gasteiger partial charge in [0, 0.05) is 13.1 Å². The van der Waals surface area contributed by atoms with Gasteiger partial charge in [0.2, 0.25) is 11.5 Å². The lowest BCUT2D eigenvalue weighted by Crippen LogP contribution is -2.59. The highest BCUT2D eigenvalue weighted by atomic mass is 16.7. The monoisotopic (exact) mass is 401 g/mol. The number of hydrogen-bond acceptors (Lipinski definition) is 7. The maximum absolute atomic E-state index is 13.1. The third-order valence-corrected chi connectivity index (χ3v) is 5.08. The summed E-state index contributed by atoms with van der Waals surface area (Å²) in [6.07, 6.45) is 3.27. The number of para-hydroxylation sites is 1. The van der Waals surface area contributed by atoms with Gasteiger partial charge in [-0.05, 0) is 18.6 Å². The molecule has 0 radical (unpaired) electrons. The molecule has 154 valence electrons. The molecule has 2 fully saturated rings. The second-order valence-corrected chi connectivity index (χ2v) is 6.98. The molecule has 0 aliphatic carbocycles. The minimum Gasteiger partial charge on any atom is -0.496 e. The van der Waals surface area contributed by atoms with Gasteiger partial charge in [-0.1, -0.05) is 12.1 Å². The molecule has 2 saturated heterocycles. The van der Waals surface area contributed by atoms with Crippen LogP contribution in [0.4, 0.5) is 0 Å². The van der Waals surface area contributed by atoms with Gasteiger partial charge in [0.1, 0.15) is 5.75 Å². The van der Waals surface area contributed by atoms with Gasteiger partial charge in [-0.15, -0.1) is 0 Å². The number of benzene rings is 1. The molecule has 2 amide bonds. The molecule has 1 aromatic carbocycles. The van der Waals surface area contributed by atoms with Crippen LogP contribution >= 0.6 is 0 Å². The molecule has 1 unspecified atom stereocenters. The van der Waals surface area contributed by atoms with Crippen molar-refractivity contribution < 1.29 is 28.2 Å². The number of ether oxygens (including phenoxy) is 3. The van der Waals surface area contributed by atoms with Crippen LogP contribution in [0.2, 0.25) is 0 Å². The van der Waals surface area contributed by atoms with E-state index in [-0.39, 0.29) is 30.7 Å². The lowest BCUT2D eigenvalue weighted by atomic mass is 10.1. The average Bonchev–Trinajstić information content (AvgIpc) is 3.22. The first-order valence-electron chi connectivity index (χ1n) is 9.50. The molecule has 3 heterocycles. The normalized spacial score (nSPS) is 22.4. The summed E-state index contributed by atoms with van der Waals surface area (Å²) in [4.78, 5) is 33.0. The maximum atomic E-state index is 13.1. The standard InChI is InChI=1S/C20H23N3O6/c1-26-16-6-3-2-5-15(16)18(24)23-8-10-29-20(13-23)12-22(7-4-9-28-20)19(25)17-11-21-14-27-17/h2-3,5-6,11,14H,4,7-10,12-13H2,1H3. The van der Waals surface area contributed by atoms with Gasteiger partial charge in [-0.25, -0.2) is 4.98 Å². The van der Waals surface area contributed by atoms with Gasteiger partial charge in [0.05, 0.1) is 45.2 Å². The van der Waals surface area contributed by atoms with Crippen molar-refractivity contribution in [2.24, 2.45) is 0 Å². The number of carbonyl (C=O) groups is 2. The molecule has 2 aliphatic rings. The zero-order valence-corrected chi connectivity index (χ0v) is 16.2. The minimum absolute atomic E-state index is 0.161. The Bertz CT molecular complexity index is 871. The number of aromatic nitrogens is 1. The van der Waals surface area contributed by atoms with Gasteiger partial charge in [0.15, 0.2) is 6.39 Å². The van der Waals surface area contributed by atoms with Crippen molar-refractivity contribution in [1.82, 2.24) is 14.8 Å². The highest BCUT2D eigenvalue weighted by Crippen LogP contribution is 2.28. The summed E-state index contributed by atoms with van der Waals surface area (Å²) < 4.78 is 22.5. The highest BCUT2D eigenvalue weighted by molar-refractivity contribution is 5.97. The molecule has 0 N–H and O–H groups in total. The number of carbonyl (C=O) groups excluding carboxylic acids is 2. The molecule has 9 nitrogen and oxygen atoms in total. The molecule has 4 rings (SSSR count). The molecule has 1 aromatic heterocycles. The summed E-state index contributed by atoms with van der Waals surface area (Å²) in [7, 11) is 1.54. The molecular formula is C20H23N3O6. The van der Waals surface area contributed by atoms with E-state index in [1.54, 1.807) is 28.0 Å². The molecule has 0 saturated carbocycles. The minimum atomic E-state index is -1.08. The Balaban J connectivity index is 1.54. The van der Waals surface area contributed by atoms with E-state index >= 15 is 0 Å². The van der Waals surface area contributed by atoms with Gasteiger partial charge in [0.25, 0.3) is 11.8 Å². The first-order valence-corrected chi connectivity index (χ1v) is 9.50. The number of rotatable bonds is 3. The smallest absolute Gasteiger partial charge is 0.291 e. The predicted octanol–water partition coefficient (Wildman–Crippen LogP) is 1.41. The number of methoxy groups -OCH3 is 1. The van der Waals surface area contributed by atoms with Gasteiger partial charge < -0.3 is 28.4 Å². The van der Waals surface area contributed by atoms with Crippen LogP contribution in [0.1, 0.15) is 27.3 Å². The summed E-state index contributed by atoms with van der Waals surface area (Å²) >= 11 is 0. The molecule has 2 aliphatic heterocycles. The van der Waals surface area contributed by atoms with Crippen molar-refractivity contribution in [3.8, 4) is 5.75 Å². The fraction of sp³-hybridized carbons (Fsp3) is 0.450. The second-order valence-electron chi connectivity index (χ2n) is 6.98. The van der Waals surface area contributed by atoms with Crippen molar-refractivity contribution in [3.05, 3.63) is 48.2 Å². The average molecular weight is 401 g/mol. The summed E-state index contributed by atoms with van der Waals surface area (Å²) in [6, 6.07) is 7.10. The Hall–Kier alpha value is -2.91. The molecular weight excluding hydrogens is 378 g/mol. The van der Waals surface area contributed by atoms with E-state index in [9.17, 15) is 9.59 Å². The Morgan fingerprint density at radius 2 is 1.83 bits per heavy atom. The second kappa shape index (κ2) is 8.22. The molecule has 0 bridgehead atoms. The third kappa shape index (κ3) is 3.96. The van der Waals surface area contributed by atoms with Crippen LogP contribution in [-0.2, 0) is 9.47 Å². The van der Waals surface area contributed by atoms with Crippen LogP contribution in [0.5, 0.6) is 5.75 Å². The van der Waals surface area contributed by atoms with Crippen molar-refractivity contribution in [2.45, 2.75) is 12.2 Å². The number of nitrogens with zero attached hydrogens (tertiary/aromatic N) is 3. The van der Waals surface area contributed by atoms with Crippen LogP contribution in [0, 0.1) is 0 Å². The molecule has 29 heavy (non-hydrogen) atoms. The molecule has 1 spiro atoms. The summed E-state index contributed by atoms with van der Waals surface area (Å²) in [6.45, 7) is 2.08. The van der Waals surface area contributed by atoms with E-state index in [2.05, 4.69) is 4.98 Å². The first-order chi connectivity index (χ1) is 14.1. The maximum Gasteiger partial charge on any atom is 0.291 e.